The molecule has 0 bridgehead atoms. The predicted molar refractivity (Wildman–Crippen MR) is 100 cm³/mol. The first-order valence-corrected chi connectivity index (χ1v) is 9.00. The van der Waals surface area contributed by atoms with Crippen molar-refractivity contribution in [1.82, 2.24) is 14.9 Å². The zero-order valence-electron chi connectivity index (χ0n) is 14.6. The van der Waals surface area contributed by atoms with Gasteiger partial charge in [-0.05, 0) is 24.6 Å². The average molecular weight is 407 g/mol. The fourth-order valence-corrected chi connectivity index (χ4v) is 3.36. The molecule has 0 spiro atoms. The molecule has 28 heavy (non-hydrogen) atoms. The number of anilines is 1. The number of aromatic nitrogens is 3. The third-order valence-corrected chi connectivity index (χ3v) is 5.01. The van der Waals surface area contributed by atoms with Crippen LogP contribution in [-0.4, -0.2) is 20.8 Å². The first kappa shape index (κ1) is 19.7. The number of nitrogens with one attached hydrogen (secondary N) is 1. The smallest absolute Gasteiger partial charge is 0.335 e. The molecule has 0 fully saturated rings. The highest BCUT2D eigenvalue weighted by Crippen LogP contribution is 2.37. The van der Waals surface area contributed by atoms with Crippen LogP contribution in [0.1, 0.15) is 22.2 Å². The van der Waals surface area contributed by atoms with Crippen LogP contribution in [0.25, 0.3) is 0 Å². The van der Waals surface area contributed by atoms with Crippen molar-refractivity contribution in [3.63, 3.8) is 0 Å². The Hall–Kier alpha value is -3.01. The number of halogens is 3. The van der Waals surface area contributed by atoms with E-state index in [1.54, 1.807) is 42.5 Å². The second kappa shape index (κ2) is 7.93. The van der Waals surface area contributed by atoms with E-state index in [4.69, 9.17) is 5.84 Å². The molecule has 0 aliphatic carbocycles. The van der Waals surface area contributed by atoms with Crippen molar-refractivity contribution in [3.8, 4) is 0 Å². The van der Waals surface area contributed by atoms with Crippen LogP contribution in [0.4, 0.5) is 18.9 Å². The number of alkyl halides is 3. The Balaban J connectivity index is 1.89. The van der Waals surface area contributed by atoms with Crippen molar-refractivity contribution in [3.05, 3.63) is 71.5 Å². The minimum Gasteiger partial charge on any atom is -0.335 e. The first-order valence-electron chi connectivity index (χ1n) is 8.12. The van der Waals surface area contributed by atoms with E-state index in [9.17, 15) is 18.0 Å². The van der Waals surface area contributed by atoms with Crippen molar-refractivity contribution in [2.45, 2.75) is 23.5 Å². The van der Waals surface area contributed by atoms with Crippen LogP contribution in [0.5, 0.6) is 0 Å². The van der Waals surface area contributed by atoms with Gasteiger partial charge in [0.25, 0.3) is 5.82 Å². The summed E-state index contributed by atoms with van der Waals surface area (Å²) in [6.07, 6.45) is -4.74. The van der Waals surface area contributed by atoms with Crippen LogP contribution >= 0.6 is 11.8 Å². The number of carbonyl (C=O) groups is 1. The highest BCUT2D eigenvalue weighted by atomic mass is 32.2. The van der Waals surface area contributed by atoms with Gasteiger partial charge in [-0.2, -0.15) is 13.2 Å². The molecule has 0 saturated heterocycles. The molecule has 1 unspecified atom stereocenters. The minimum atomic E-state index is -4.74. The molecule has 0 aliphatic rings. The van der Waals surface area contributed by atoms with Crippen LogP contribution in [0.3, 0.4) is 0 Å². The lowest BCUT2D eigenvalue weighted by Gasteiger charge is -2.16. The van der Waals surface area contributed by atoms with Crippen LogP contribution in [0, 0.1) is 6.92 Å². The van der Waals surface area contributed by atoms with Gasteiger partial charge < -0.3 is 11.2 Å². The van der Waals surface area contributed by atoms with Crippen LogP contribution in [-0.2, 0) is 11.0 Å². The van der Waals surface area contributed by atoms with E-state index in [2.05, 4.69) is 15.5 Å². The van der Waals surface area contributed by atoms with Crippen molar-refractivity contribution >= 4 is 23.4 Å². The van der Waals surface area contributed by atoms with Crippen molar-refractivity contribution in [2.24, 2.45) is 0 Å². The van der Waals surface area contributed by atoms with Crippen molar-refractivity contribution < 1.29 is 18.0 Å². The predicted octanol–water partition coefficient (Wildman–Crippen LogP) is 3.79. The fraction of sp³-hybridized carbons (Fsp3) is 0.167. The Morgan fingerprint density at radius 2 is 1.75 bits per heavy atom. The molecule has 2 aromatic carbocycles. The molecule has 10 heteroatoms. The molecule has 146 valence electrons. The zero-order valence-corrected chi connectivity index (χ0v) is 15.5. The molecule has 3 aromatic rings. The normalized spacial score (nSPS) is 12.6. The SMILES string of the molecule is Cc1ccc(NC(=O)C(Sc2nnc(C(F)(F)F)n2N)c2ccccc2)cc1. The molecule has 1 heterocycles. The molecular formula is C18H16F3N5OS. The number of hydrogen-bond acceptors (Lipinski definition) is 5. The number of amides is 1. The van der Waals surface area contributed by atoms with E-state index in [0.717, 1.165) is 17.3 Å². The van der Waals surface area contributed by atoms with E-state index in [-0.39, 0.29) is 5.16 Å². The summed E-state index contributed by atoms with van der Waals surface area (Å²) in [5.74, 6) is 3.75. The van der Waals surface area contributed by atoms with Crippen LogP contribution in [0.15, 0.2) is 59.8 Å². The van der Waals surface area contributed by atoms with E-state index in [1.807, 2.05) is 19.1 Å². The molecule has 1 atom stereocenters. The number of aryl methyl sites for hydroxylation is 1. The van der Waals surface area contributed by atoms with Gasteiger partial charge in [0.05, 0.1) is 0 Å². The Bertz CT molecular complexity index is 958. The second-order valence-electron chi connectivity index (χ2n) is 5.94. The topological polar surface area (TPSA) is 85.8 Å². The van der Waals surface area contributed by atoms with Crippen LogP contribution < -0.4 is 11.2 Å². The lowest BCUT2D eigenvalue weighted by molar-refractivity contribution is -0.146. The van der Waals surface area contributed by atoms with Gasteiger partial charge >= 0.3 is 6.18 Å². The van der Waals surface area contributed by atoms with Gasteiger partial charge in [-0.3, -0.25) is 4.79 Å². The van der Waals surface area contributed by atoms with Gasteiger partial charge in [0.2, 0.25) is 11.1 Å². The summed E-state index contributed by atoms with van der Waals surface area (Å²) >= 11 is 0.788. The summed E-state index contributed by atoms with van der Waals surface area (Å²) in [6, 6.07) is 15.8. The summed E-state index contributed by atoms with van der Waals surface area (Å²) < 4.78 is 39.1. The van der Waals surface area contributed by atoms with E-state index in [0.29, 0.717) is 15.9 Å². The monoisotopic (exact) mass is 407 g/mol. The van der Waals surface area contributed by atoms with Gasteiger partial charge in [-0.25, -0.2) is 4.68 Å². The highest BCUT2D eigenvalue weighted by Gasteiger charge is 2.39. The quantitative estimate of drug-likeness (QED) is 0.496. The molecular weight excluding hydrogens is 391 g/mol. The van der Waals surface area contributed by atoms with Crippen molar-refractivity contribution in [1.29, 1.82) is 0 Å². The highest BCUT2D eigenvalue weighted by molar-refractivity contribution is 8.00. The summed E-state index contributed by atoms with van der Waals surface area (Å²) in [5, 5.41) is 8.26. The largest absolute Gasteiger partial charge is 0.453 e. The van der Waals surface area contributed by atoms with E-state index >= 15 is 0 Å². The molecule has 1 amide bonds. The van der Waals surface area contributed by atoms with Gasteiger partial charge in [0, 0.05) is 5.69 Å². The number of hydrogen-bond donors (Lipinski definition) is 2. The maximum atomic E-state index is 12.9. The molecule has 0 saturated carbocycles. The number of benzene rings is 2. The number of carbonyl (C=O) groups excluding carboxylic acids is 1. The van der Waals surface area contributed by atoms with E-state index < -0.39 is 23.2 Å². The first-order chi connectivity index (χ1) is 13.3. The maximum Gasteiger partial charge on any atom is 0.453 e. The summed E-state index contributed by atoms with van der Waals surface area (Å²) in [4.78, 5) is 12.9. The van der Waals surface area contributed by atoms with Gasteiger partial charge in [-0.15, -0.1) is 10.2 Å². The second-order valence-corrected chi connectivity index (χ2v) is 7.01. The number of nitrogens with zero attached hydrogens (tertiary/aromatic N) is 3. The summed E-state index contributed by atoms with van der Waals surface area (Å²) in [6.45, 7) is 1.92. The van der Waals surface area contributed by atoms with Gasteiger partial charge in [0.15, 0.2) is 0 Å². The summed E-state index contributed by atoms with van der Waals surface area (Å²) in [5.41, 5.74) is 2.19. The van der Waals surface area contributed by atoms with Crippen LogP contribution in [0.2, 0.25) is 0 Å². The maximum absolute atomic E-state index is 12.9. The molecule has 1 aromatic heterocycles. The molecule has 3 N–H and O–H groups in total. The Kier molecular flexibility index (Phi) is 5.59. The number of rotatable bonds is 5. The molecule has 6 nitrogen and oxygen atoms in total. The zero-order chi connectivity index (χ0) is 20.3. The number of thioether (sulfide) groups is 1. The summed E-state index contributed by atoms with van der Waals surface area (Å²) in [7, 11) is 0. The van der Waals surface area contributed by atoms with E-state index in [1.165, 1.54) is 0 Å². The fourth-order valence-electron chi connectivity index (χ4n) is 2.40. The Morgan fingerprint density at radius 3 is 2.32 bits per heavy atom. The van der Waals surface area contributed by atoms with Gasteiger partial charge in [0.1, 0.15) is 5.25 Å². The third-order valence-electron chi connectivity index (χ3n) is 3.80. The lowest BCUT2D eigenvalue weighted by atomic mass is 10.1. The lowest BCUT2D eigenvalue weighted by Crippen LogP contribution is -2.23. The Labute approximate surface area is 162 Å². The molecule has 0 radical (unpaired) electrons. The number of nitrogen functional groups attached to an aromatic ring is 1. The van der Waals surface area contributed by atoms with Crippen molar-refractivity contribution in [2.75, 3.05) is 11.2 Å². The standard InChI is InChI=1S/C18H16F3N5OS/c1-11-7-9-13(10-8-11)23-15(27)14(12-5-3-2-4-6-12)28-17-25-24-16(26(17)22)18(19,20)21/h2-10,14H,22H2,1H3,(H,23,27). The number of nitrogens with two attached hydrogens (primary N) is 1. The third kappa shape index (κ3) is 4.45. The molecule has 3 rings (SSSR count). The average Bonchev–Trinajstić information content (AvgIpc) is 3.03. The Morgan fingerprint density at radius 1 is 1.11 bits per heavy atom. The minimum absolute atomic E-state index is 0.222. The molecule has 0 aliphatic heterocycles. The van der Waals surface area contributed by atoms with Gasteiger partial charge in [-0.1, -0.05) is 59.8 Å².